The van der Waals surface area contributed by atoms with E-state index in [1.54, 1.807) is 6.07 Å². The largest absolute Gasteiger partial charge is 0.338 e. The summed E-state index contributed by atoms with van der Waals surface area (Å²) >= 11 is 6.05. The molecule has 0 spiro atoms. The van der Waals surface area contributed by atoms with Crippen LogP contribution in [0.5, 0.6) is 0 Å². The van der Waals surface area contributed by atoms with Gasteiger partial charge in [-0.05, 0) is 23.8 Å². The second-order valence-electron chi connectivity index (χ2n) is 5.15. The highest BCUT2D eigenvalue weighted by Crippen LogP contribution is 2.14. The Kier molecular flexibility index (Phi) is 4.78. The molecule has 0 aliphatic heterocycles. The van der Waals surface area contributed by atoms with Crippen molar-refractivity contribution in [1.29, 1.82) is 0 Å². The predicted molar refractivity (Wildman–Crippen MR) is 90.6 cm³/mol. The first-order chi connectivity index (χ1) is 11.2. The molecule has 0 aliphatic carbocycles. The van der Waals surface area contributed by atoms with E-state index in [9.17, 15) is 4.79 Å². The quantitative estimate of drug-likeness (QED) is 0.756. The lowest BCUT2D eigenvalue weighted by molar-refractivity contribution is 0.240. The van der Waals surface area contributed by atoms with Gasteiger partial charge in [0.15, 0.2) is 0 Å². The Morgan fingerprint density at radius 1 is 1.13 bits per heavy atom. The van der Waals surface area contributed by atoms with Gasteiger partial charge in [0.25, 0.3) is 0 Å². The van der Waals surface area contributed by atoms with Crippen molar-refractivity contribution in [2.75, 3.05) is 6.54 Å². The van der Waals surface area contributed by atoms with E-state index >= 15 is 0 Å². The number of halogens is 1. The maximum atomic E-state index is 11.8. The van der Waals surface area contributed by atoms with Crippen molar-refractivity contribution in [2.45, 2.75) is 13.0 Å². The minimum atomic E-state index is -0.214. The second-order valence-corrected chi connectivity index (χ2v) is 5.56. The number of imidazole rings is 1. The van der Waals surface area contributed by atoms with Crippen LogP contribution in [0.1, 0.15) is 11.3 Å². The van der Waals surface area contributed by atoms with Gasteiger partial charge in [-0.2, -0.15) is 0 Å². The average Bonchev–Trinajstić information content (AvgIpc) is 2.97. The van der Waals surface area contributed by atoms with Crippen LogP contribution in [-0.4, -0.2) is 22.0 Å². The number of fused-ring (bicyclic) bond motifs is 1. The molecule has 0 saturated heterocycles. The number of aromatic nitrogens is 2. The van der Waals surface area contributed by atoms with Crippen molar-refractivity contribution in [3.05, 3.63) is 71.1 Å². The molecule has 23 heavy (non-hydrogen) atoms. The minimum absolute atomic E-state index is 0.214. The first kappa shape index (κ1) is 15.4. The van der Waals surface area contributed by atoms with E-state index in [2.05, 4.69) is 15.6 Å². The standard InChI is InChI=1S/C17H17ClN4O/c18-15-6-2-1-5-13(15)11-20-17(23)19-9-8-14-12-22-10-4-3-7-16(22)21-14/h1-7,10,12H,8-9,11H2,(H2,19,20,23). The van der Waals surface area contributed by atoms with Crippen LogP contribution >= 0.6 is 11.6 Å². The van der Waals surface area contributed by atoms with Crippen molar-refractivity contribution in [1.82, 2.24) is 20.0 Å². The Hall–Kier alpha value is -2.53. The fourth-order valence-corrected chi connectivity index (χ4v) is 2.49. The molecule has 0 saturated carbocycles. The summed E-state index contributed by atoms with van der Waals surface area (Å²) in [5.41, 5.74) is 2.75. The zero-order valence-electron chi connectivity index (χ0n) is 12.5. The van der Waals surface area contributed by atoms with Gasteiger partial charge in [0.2, 0.25) is 0 Å². The van der Waals surface area contributed by atoms with E-state index in [4.69, 9.17) is 11.6 Å². The molecule has 118 valence electrons. The van der Waals surface area contributed by atoms with Gasteiger partial charge in [-0.3, -0.25) is 0 Å². The van der Waals surface area contributed by atoms with Crippen LogP contribution in [0.25, 0.3) is 5.65 Å². The maximum absolute atomic E-state index is 11.8. The number of urea groups is 1. The van der Waals surface area contributed by atoms with Crippen LogP contribution < -0.4 is 10.6 Å². The first-order valence-electron chi connectivity index (χ1n) is 7.40. The molecule has 5 nitrogen and oxygen atoms in total. The van der Waals surface area contributed by atoms with Crippen molar-refractivity contribution < 1.29 is 4.79 Å². The monoisotopic (exact) mass is 328 g/mol. The molecule has 0 unspecified atom stereocenters. The van der Waals surface area contributed by atoms with Crippen LogP contribution in [-0.2, 0) is 13.0 Å². The summed E-state index contributed by atoms with van der Waals surface area (Å²) in [6, 6.07) is 13.1. The van der Waals surface area contributed by atoms with Gasteiger partial charge in [-0.25, -0.2) is 9.78 Å². The highest BCUT2D eigenvalue weighted by Gasteiger charge is 2.04. The SMILES string of the molecule is O=C(NCCc1cn2ccccc2n1)NCc1ccccc1Cl. The van der Waals surface area contributed by atoms with Crippen LogP contribution in [0.4, 0.5) is 4.79 Å². The number of hydrogen-bond acceptors (Lipinski definition) is 2. The zero-order valence-corrected chi connectivity index (χ0v) is 13.3. The molecule has 6 heteroatoms. The third kappa shape index (κ3) is 4.02. The predicted octanol–water partition coefficient (Wildman–Crippen LogP) is 3.03. The van der Waals surface area contributed by atoms with Gasteiger partial charge in [0.05, 0.1) is 5.69 Å². The van der Waals surface area contributed by atoms with Gasteiger partial charge in [0, 0.05) is 36.9 Å². The zero-order chi connectivity index (χ0) is 16.1. The molecule has 0 aliphatic rings. The van der Waals surface area contributed by atoms with E-state index < -0.39 is 0 Å². The normalized spacial score (nSPS) is 10.7. The molecule has 2 heterocycles. The summed E-state index contributed by atoms with van der Waals surface area (Å²) in [5, 5.41) is 6.27. The lowest BCUT2D eigenvalue weighted by Crippen LogP contribution is -2.36. The molecular weight excluding hydrogens is 312 g/mol. The van der Waals surface area contributed by atoms with Crippen molar-refractivity contribution in [2.24, 2.45) is 0 Å². The van der Waals surface area contributed by atoms with Crippen molar-refractivity contribution >= 4 is 23.3 Å². The van der Waals surface area contributed by atoms with Crippen LogP contribution in [0, 0.1) is 0 Å². The minimum Gasteiger partial charge on any atom is -0.338 e. The van der Waals surface area contributed by atoms with E-state index in [1.807, 2.05) is 53.2 Å². The van der Waals surface area contributed by atoms with E-state index in [0.717, 1.165) is 16.9 Å². The molecule has 1 aromatic carbocycles. The fourth-order valence-electron chi connectivity index (χ4n) is 2.29. The molecular formula is C17H17ClN4O. The van der Waals surface area contributed by atoms with Crippen molar-refractivity contribution in [3.63, 3.8) is 0 Å². The van der Waals surface area contributed by atoms with E-state index in [1.165, 1.54) is 0 Å². The summed E-state index contributed by atoms with van der Waals surface area (Å²) in [6.07, 6.45) is 4.61. The summed E-state index contributed by atoms with van der Waals surface area (Å²) in [6.45, 7) is 0.929. The Bertz CT molecular complexity index is 782. The lowest BCUT2D eigenvalue weighted by atomic mass is 10.2. The summed E-state index contributed by atoms with van der Waals surface area (Å²) in [7, 11) is 0. The number of carbonyl (C=O) groups is 1. The maximum Gasteiger partial charge on any atom is 0.315 e. The third-order valence-electron chi connectivity index (χ3n) is 3.48. The molecule has 0 radical (unpaired) electrons. The van der Waals surface area contributed by atoms with Crippen molar-refractivity contribution in [3.8, 4) is 0 Å². The smallest absolute Gasteiger partial charge is 0.315 e. The van der Waals surface area contributed by atoms with Gasteiger partial charge < -0.3 is 15.0 Å². The molecule has 3 aromatic rings. The number of nitrogens with one attached hydrogen (secondary N) is 2. The van der Waals surface area contributed by atoms with Gasteiger partial charge in [-0.15, -0.1) is 0 Å². The van der Waals surface area contributed by atoms with Gasteiger partial charge in [-0.1, -0.05) is 35.9 Å². The summed E-state index contributed by atoms with van der Waals surface area (Å²) in [4.78, 5) is 16.3. The van der Waals surface area contributed by atoms with Crippen LogP contribution in [0.2, 0.25) is 5.02 Å². The molecule has 2 amide bonds. The number of pyridine rings is 1. The Morgan fingerprint density at radius 3 is 2.78 bits per heavy atom. The Balaban J connectivity index is 1.45. The Labute approximate surface area is 139 Å². The average molecular weight is 329 g/mol. The fraction of sp³-hybridized carbons (Fsp3) is 0.176. The topological polar surface area (TPSA) is 58.4 Å². The summed E-state index contributed by atoms with van der Waals surface area (Å²) < 4.78 is 1.97. The molecule has 2 N–H and O–H groups in total. The number of carbonyl (C=O) groups excluding carboxylic acids is 1. The van der Waals surface area contributed by atoms with E-state index in [0.29, 0.717) is 24.5 Å². The highest BCUT2D eigenvalue weighted by molar-refractivity contribution is 6.31. The number of rotatable bonds is 5. The molecule has 3 rings (SSSR count). The number of amides is 2. The molecule has 2 aromatic heterocycles. The molecule has 0 bridgehead atoms. The first-order valence-corrected chi connectivity index (χ1v) is 7.78. The molecule has 0 fully saturated rings. The number of nitrogens with zero attached hydrogens (tertiary/aromatic N) is 2. The van der Waals surface area contributed by atoms with Crippen LogP contribution in [0.15, 0.2) is 54.9 Å². The van der Waals surface area contributed by atoms with Gasteiger partial charge in [0.1, 0.15) is 5.65 Å². The summed E-state index contributed by atoms with van der Waals surface area (Å²) in [5.74, 6) is 0. The van der Waals surface area contributed by atoms with E-state index in [-0.39, 0.29) is 6.03 Å². The number of hydrogen-bond donors (Lipinski definition) is 2. The van der Waals surface area contributed by atoms with Crippen LogP contribution in [0.3, 0.4) is 0 Å². The Morgan fingerprint density at radius 2 is 1.96 bits per heavy atom. The molecule has 0 atom stereocenters. The van der Waals surface area contributed by atoms with Gasteiger partial charge >= 0.3 is 6.03 Å². The second kappa shape index (κ2) is 7.15. The number of benzene rings is 1. The third-order valence-corrected chi connectivity index (χ3v) is 3.85. The highest BCUT2D eigenvalue weighted by atomic mass is 35.5. The lowest BCUT2D eigenvalue weighted by Gasteiger charge is -2.08.